The Morgan fingerprint density at radius 2 is 2.22 bits per heavy atom. The maximum absolute atomic E-state index is 12.8. The van der Waals surface area contributed by atoms with Gasteiger partial charge >= 0.3 is 0 Å². The highest BCUT2D eigenvalue weighted by Crippen LogP contribution is 2.20. The number of anilines is 1. The van der Waals surface area contributed by atoms with Crippen LogP contribution in [0.3, 0.4) is 0 Å². The van der Waals surface area contributed by atoms with Gasteiger partial charge in [-0.3, -0.25) is 4.79 Å². The average Bonchev–Trinajstić information content (AvgIpc) is 3.11. The van der Waals surface area contributed by atoms with Crippen molar-refractivity contribution in [1.29, 1.82) is 0 Å². The van der Waals surface area contributed by atoms with Crippen molar-refractivity contribution in [1.82, 2.24) is 14.9 Å². The second-order valence-corrected chi connectivity index (χ2v) is 7.46. The summed E-state index contributed by atoms with van der Waals surface area (Å²) in [6.07, 6.45) is 6.98. The summed E-state index contributed by atoms with van der Waals surface area (Å²) in [5.41, 5.74) is 3.16. The second-order valence-electron chi connectivity index (χ2n) is 7.46. The van der Waals surface area contributed by atoms with Crippen LogP contribution in [0.25, 0.3) is 10.9 Å². The van der Waals surface area contributed by atoms with Gasteiger partial charge in [-0.15, -0.1) is 0 Å². The lowest BCUT2D eigenvalue weighted by Gasteiger charge is -2.31. The van der Waals surface area contributed by atoms with Crippen LogP contribution in [-0.4, -0.2) is 40.4 Å². The Hall–Kier alpha value is -2.82. The molecule has 0 spiro atoms. The number of nitrogens with zero attached hydrogens (tertiary/aromatic N) is 2. The molecule has 1 amide bonds. The molecule has 27 heavy (non-hydrogen) atoms. The minimum Gasteiger partial charge on any atom is -0.370 e. The number of nitrogens with one attached hydrogen (secondary N) is 2. The van der Waals surface area contributed by atoms with Crippen molar-refractivity contribution in [3.8, 4) is 0 Å². The lowest BCUT2D eigenvalue weighted by atomic mass is 9.99. The minimum absolute atomic E-state index is 0.114. The fraction of sp³-hybridized carbons (Fsp3) is 0.364. The number of benzene rings is 1. The topological polar surface area (TPSA) is 61.0 Å². The van der Waals surface area contributed by atoms with E-state index in [9.17, 15) is 4.79 Å². The van der Waals surface area contributed by atoms with Gasteiger partial charge in [0.25, 0.3) is 5.91 Å². The third-order valence-electron chi connectivity index (χ3n) is 5.33. The maximum atomic E-state index is 12.8. The van der Waals surface area contributed by atoms with E-state index in [1.54, 1.807) is 6.20 Å². The molecule has 2 N–H and O–H groups in total. The number of piperidine rings is 1. The first-order valence-electron chi connectivity index (χ1n) is 9.75. The summed E-state index contributed by atoms with van der Waals surface area (Å²) in [7, 11) is 0. The monoisotopic (exact) mass is 362 g/mol. The summed E-state index contributed by atoms with van der Waals surface area (Å²) in [5.74, 6) is 1.45. The van der Waals surface area contributed by atoms with Crippen LogP contribution in [0.5, 0.6) is 0 Å². The van der Waals surface area contributed by atoms with Gasteiger partial charge in [-0.25, -0.2) is 4.98 Å². The third kappa shape index (κ3) is 3.97. The van der Waals surface area contributed by atoms with Crippen LogP contribution in [0.15, 0.2) is 48.8 Å². The third-order valence-corrected chi connectivity index (χ3v) is 5.33. The van der Waals surface area contributed by atoms with Gasteiger partial charge in [-0.1, -0.05) is 25.1 Å². The molecular formula is C22H26N4O. The zero-order valence-corrected chi connectivity index (χ0v) is 15.7. The summed E-state index contributed by atoms with van der Waals surface area (Å²) in [6, 6.07) is 12.0. The van der Waals surface area contributed by atoms with E-state index in [1.165, 1.54) is 17.4 Å². The van der Waals surface area contributed by atoms with E-state index in [0.717, 1.165) is 43.8 Å². The van der Waals surface area contributed by atoms with E-state index in [-0.39, 0.29) is 5.91 Å². The zero-order valence-electron chi connectivity index (χ0n) is 15.7. The maximum Gasteiger partial charge on any atom is 0.254 e. The van der Waals surface area contributed by atoms with Crippen LogP contribution in [-0.2, 0) is 6.42 Å². The number of rotatable bonds is 5. The Morgan fingerprint density at radius 1 is 1.33 bits per heavy atom. The van der Waals surface area contributed by atoms with E-state index in [1.807, 2.05) is 23.1 Å². The average molecular weight is 362 g/mol. The Morgan fingerprint density at radius 3 is 3.11 bits per heavy atom. The molecule has 140 valence electrons. The van der Waals surface area contributed by atoms with Crippen LogP contribution in [0.1, 0.15) is 35.7 Å². The molecule has 1 saturated heterocycles. The molecule has 1 aliphatic heterocycles. The van der Waals surface area contributed by atoms with Gasteiger partial charge < -0.3 is 15.2 Å². The highest BCUT2D eigenvalue weighted by Gasteiger charge is 2.22. The number of para-hydroxylation sites is 1. The second kappa shape index (κ2) is 7.82. The Bertz CT molecular complexity index is 933. The Balaban J connectivity index is 1.38. The van der Waals surface area contributed by atoms with Crippen LogP contribution < -0.4 is 5.32 Å². The molecule has 2 aromatic heterocycles. The highest BCUT2D eigenvalue weighted by molar-refractivity contribution is 5.94. The van der Waals surface area contributed by atoms with Gasteiger partial charge in [0.2, 0.25) is 0 Å². The van der Waals surface area contributed by atoms with E-state index in [0.29, 0.717) is 11.5 Å². The lowest BCUT2D eigenvalue weighted by Crippen LogP contribution is -2.39. The number of H-pyrrole nitrogens is 1. The van der Waals surface area contributed by atoms with E-state index < -0.39 is 0 Å². The number of pyridine rings is 1. The number of carbonyl (C=O) groups is 1. The summed E-state index contributed by atoms with van der Waals surface area (Å²) in [6.45, 7) is 4.69. The number of aromatic nitrogens is 2. The van der Waals surface area contributed by atoms with E-state index in [2.05, 4.69) is 46.6 Å². The quantitative estimate of drug-likeness (QED) is 0.719. The van der Waals surface area contributed by atoms with Gasteiger partial charge in [0.05, 0.1) is 0 Å². The van der Waals surface area contributed by atoms with Crippen molar-refractivity contribution in [3.63, 3.8) is 0 Å². The summed E-state index contributed by atoms with van der Waals surface area (Å²) >= 11 is 0. The summed E-state index contributed by atoms with van der Waals surface area (Å²) in [5, 5.41) is 4.62. The van der Waals surface area contributed by atoms with E-state index in [4.69, 9.17) is 0 Å². The first-order chi connectivity index (χ1) is 13.2. The molecule has 1 aliphatic rings. The van der Waals surface area contributed by atoms with Crippen LogP contribution >= 0.6 is 0 Å². The number of hydrogen-bond acceptors (Lipinski definition) is 3. The highest BCUT2D eigenvalue weighted by atomic mass is 16.2. The largest absolute Gasteiger partial charge is 0.370 e. The van der Waals surface area contributed by atoms with Gasteiger partial charge in [0.15, 0.2) is 0 Å². The predicted octanol–water partition coefficient (Wildman–Crippen LogP) is 4.09. The number of fused-ring (bicyclic) bond motifs is 1. The van der Waals surface area contributed by atoms with Crippen molar-refractivity contribution < 1.29 is 4.79 Å². The van der Waals surface area contributed by atoms with Crippen molar-refractivity contribution in [2.75, 3.05) is 25.0 Å². The van der Waals surface area contributed by atoms with Crippen molar-refractivity contribution in [2.24, 2.45) is 5.92 Å². The molecule has 3 aromatic rings. The molecule has 1 atom stereocenters. The molecule has 0 radical (unpaired) electrons. The van der Waals surface area contributed by atoms with Crippen molar-refractivity contribution in [2.45, 2.75) is 26.2 Å². The molecule has 5 nitrogen and oxygen atoms in total. The van der Waals surface area contributed by atoms with Crippen molar-refractivity contribution >= 4 is 22.6 Å². The molecule has 1 fully saturated rings. The molecule has 0 saturated carbocycles. The fourth-order valence-electron chi connectivity index (χ4n) is 3.88. The number of amides is 1. The predicted molar refractivity (Wildman–Crippen MR) is 109 cm³/mol. The molecule has 0 bridgehead atoms. The number of carbonyl (C=O) groups excluding carboxylic acids is 1. The molecule has 1 aromatic carbocycles. The fourth-order valence-corrected chi connectivity index (χ4v) is 3.88. The zero-order chi connectivity index (χ0) is 18.6. The van der Waals surface area contributed by atoms with Gasteiger partial charge in [-0.2, -0.15) is 0 Å². The minimum atomic E-state index is 0.114. The molecular weight excluding hydrogens is 336 g/mol. The summed E-state index contributed by atoms with van der Waals surface area (Å²) in [4.78, 5) is 22.4. The Kier molecular flexibility index (Phi) is 5.10. The normalized spacial score (nSPS) is 17.2. The van der Waals surface area contributed by atoms with Crippen LogP contribution in [0.2, 0.25) is 0 Å². The number of aromatic amines is 1. The number of likely N-dealkylation sites (tertiary alicyclic amines) is 1. The molecule has 5 heteroatoms. The summed E-state index contributed by atoms with van der Waals surface area (Å²) < 4.78 is 0. The smallest absolute Gasteiger partial charge is 0.254 e. The van der Waals surface area contributed by atoms with Gasteiger partial charge in [0, 0.05) is 48.5 Å². The molecule has 3 heterocycles. The number of hydrogen-bond donors (Lipinski definition) is 2. The Labute approximate surface area is 159 Å². The molecule has 4 rings (SSSR count). The molecule has 0 aliphatic carbocycles. The van der Waals surface area contributed by atoms with Crippen LogP contribution in [0.4, 0.5) is 5.82 Å². The standard InChI is InChI=1S/C22H26N4O/c1-16-5-4-12-26(15-16)22(27)17-8-10-23-21(13-17)24-11-9-18-14-25-20-7-3-2-6-19(18)20/h2-3,6-8,10,13-14,16,25H,4-5,9,11-12,15H2,1H3,(H,23,24). The van der Waals surface area contributed by atoms with Gasteiger partial charge in [-0.05, 0) is 48.9 Å². The molecule has 1 unspecified atom stereocenters. The van der Waals surface area contributed by atoms with Crippen molar-refractivity contribution in [3.05, 3.63) is 59.9 Å². The van der Waals surface area contributed by atoms with Gasteiger partial charge in [0.1, 0.15) is 5.82 Å². The lowest BCUT2D eigenvalue weighted by molar-refractivity contribution is 0.0683. The first kappa shape index (κ1) is 17.6. The van der Waals surface area contributed by atoms with Crippen LogP contribution in [0, 0.1) is 5.92 Å². The SMILES string of the molecule is CC1CCCN(C(=O)c2ccnc(NCCc3c[nH]c4ccccc34)c2)C1. The first-order valence-corrected chi connectivity index (χ1v) is 9.75. The van der Waals surface area contributed by atoms with E-state index >= 15 is 0 Å².